The molecule has 1 atom stereocenters. The highest BCUT2D eigenvalue weighted by atomic mass is 35.5. The van der Waals surface area contributed by atoms with E-state index in [-0.39, 0.29) is 28.6 Å². The van der Waals surface area contributed by atoms with Crippen LogP contribution in [0.2, 0.25) is 5.02 Å². The summed E-state index contributed by atoms with van der Waals surface area (Å²) < 4.78 is 26.6. The molecule has 0 bridgehead atoms. The number of sulfonamides is 1. The Morgan fingerprint density at radius 2 is 1.77 bits per heavy atom. The van der Waals surface area contributed by atoms with Crippen molar-refractivity contribution in [3.63, 3.8) is 0 Å². The second-order valence-electron chi connectivity index (χ2n) is 5.68. The van der Waals surface area contributed by atoms with Crippen LogP contribution in [0.25, 0.3) is 0 Å². The lowest BCUT2D eigenvalue weighted by Crippen LogP contribution is -2.33. The Morgan fingerprint density at radius 1 is 1.15 bits per heavy atom. The normalized spacial score (nSPS) is 17.2. The summed E-state index contributed by atoms with van der Waals surface area (Å²) in [5.41, 5.74) is 6.27. The summed E-state index contributed by atoms with van der Waals surface area (Å²) in [7, 11) is -4.01. The van der Waals surface area contributed by atoms with E-state index in [0.29, 0.717) is 10.6 Å². The highest BCUT2D eigenvalue weighted by Crippen LogP contribution is 2.32. The Balaban J connectivity index is 1.99. The van der Waals surface area contributed by atoms with Gasteiger partial charge in [0.05, 0.1) is 29.0 Å². The zero-order chi connectivity index (χ0) is 18.9. The predicted molar refractivity (Wildman–Crippen MR) is 96.4 cm³/mol. The number of ketones is 1. The lowest BCUT2D eigenvalue weighted by Gasteiger charge is -2.20. The van der Waals surface area contributed by atoms with Crippen molar-refractivity contribution in [1.29, 1.82) is 5.26 Å². The quantitative estimate of drug-likeness (QED) is 0.811. The van der Waals surface area contributed by atoms with Crippen LogP contribution in [-0.4, -0.2) is 25.1 Å². The van der Waals surface area contributed by atoms with Crippen molar-refractivity contribution < 1.29 is 13.2 Å². The van der Waals surface area contributed by atoms with Crippen molar-refractivity contribution in [3.8, 4) is 6.07 Å². The molecule has 3 rings (SSSR count). The standard InChI is InChI=1S/C18H14ClN3O3S/c19-13-6-8-14(9-7-13)26(24,25)22-11-16(15(10-20)18(22)21)17(23)12-4-2-1-3-5-12/h1-9,16H,11,21H2. The van der Waals surface area contributed by atoms with Gasteiger partial charge in [-0.1, -0.05) is 41.9 Å². The van der Waals surface area contributed by atoms with Crippen molar-refractivity contribution >= 4 is 27.4 Å². The maximum absolute atomic E-state index is 12.9. The lowest BCUT2D eigenvalue weighted by atomic mass is 9.93. The number of benzene rings is 2. The van der Waals surface area contributed by atoms with Crippen LogP contribution >= 0.6 is 11.6 Å². The molecule has 6 nitrogen and oxygen atoms in total. The fourth-order valence-corrected chi connectivity index (χ4v) is 4.35. The molecule has 26 heavy (non-hydrogen) atoms. The van der Waals surface area contributed by atoms with Crippen LogP contribution in [0.1, 0.15) is 10.4 Å². The zero-order valence-electron chi connectivity index (χ0n) is 13.5. The number of halogens is 1. The van der Waals surface area contributed by atoms with Gasteiger partial charge in [0.15, 0.2) is 5.78 Å². The highest BCUT2D eigenvalue weighted by molar-refractivity contribution is 7.89. The molecule has 1 aliphatic rings. The topological polar surface area (TPSA) is 104 Å². The summed E-state index contributed by atoms with van der Waals surface area (Å²) in [5, 5.41) is 9.81. The van der Waals surface area contributed by atoms with Crippen LogP contribution in [0.4, 0.5) is 0 Å². The third-order valence-electron chi connectivity index (χ3n) is 4.14. The van der Waals surface area contributed by atoms with Gasteiger partial charge in [0.1, 0.15) is 5.82 Å². The Bertz CT molecular complexity index is 1030. The van der Waals surface area contributed by atoms with Gasteiger partial charge >= 0.3 is 0 Å². The van der Waals surface area contributed by atoms with Crippen LogP contribution in [0, 0.1) is 17.2 Å². The average molecular weight is 388 g/mol. The van der Waals surface area contributed by atoms with E-state index in [1.807, 2.05) is 6.07 Å². The minimum Gasteiger partial charge on any atom is -0.384 e. The number of nitrogens with zero attached hydrogens (tertiary/aromatic N) is 2. The molecule has 1 aliphatic heterocycles. The molecule has 0 spiro atoms. The van der Waals surface area contributed by atoms with Crippen LogP contribution in [-0.2, 0) is 10.0 Å². The Labute approximate surface area is 156 Å². The zero-order valence-corrected chi connectivity index (χ0v) is 15.0. The van der Waals surface area contributed by atoms with Gasteiger partial charge in [-0.25, -0.2) is 12.7 Å². The summed E-state index contributed by atoms with van der Waals surface area (Å²) in [6.07, 6.45) is 0. The number of Topliss-reactive ketones (excluding diaryl/α,β-unsaturated/α-hetero) is 1. The molecule has 8 heteroatoms. The van der Waals surface area contributed by atoms with Crippen molar-refractivity contribution in [2.24, 2.45) is 11.7 Å². The van der Waals surface area contributed by atoms with E-state index in [4.69, 9.17) is 17.3 Å². The minimum atomic E-state index is -4.01. The second-order valence-corrected chi connectivity index (χ2v) is 7.98. The lowest BCUT2D eigenvalue weighted by molar-refractivity contribution is 0.0942. The molecule has 1 heterocycles. The minimum absolute atomic E-state index is 0.0186. The third kappa shape index (κ3) is 3.05. The molecule has 2 N–H and O–H groups in total. The number of carbonyl (C=O) groups is 1. The number of nitriles is 1. The van der Waals surface area contributed by atoms with E-state index in [1.54, 1.807) is 30.3 Å². The third-order valence-corrected chi connectivity index (χ3v) is 6.18. The molecule has 0 fully saturated rings. The molecule has 2 aromatic rings. The first-order valence-corrected chi connectivity index (χ1v) is 9.45. The van der Waals surface area contributed by atoms with E-state index < -0.39 is 15.9 Å². The summed E-state index contributed by atoms with van der Waals surface area (Å²) >= 11 is 5.80. The van der Waals surface area contributed by atoms with Gasteiger partial charge in [-0.15, -0.1) is 0 Å². The summed E-state index contributed by atoms with van der Waals surface area (Å²) in [4.78, 5) is 12.7. The summed E-state index contributed by atoms with van der Waals surface area (Å²) in [6.45, 7) is -0.215. The van der Waals surface area contributed by atoms with Crippen molar-refractivity contribution in [2.75, 3.05) is 6.54 Å². The van der Waals surface area contributed by atoms with E-state index >= 15 is 0 Å². The molecule has 0 saturated carbocycles. The molecule has 0 radical (unpaired) electrons. The predicted octanol–water partition coefficient (Wildman–Crippen LogP) is 2.54. The maximum Gasteiger partial charge on any atom is 0.265 e. The van der Waals surface area contributed by atoms with Crippen LogP contribution in [0.3, 0.4) is 0 Å². The molecule has 0 amide bonds. The van der Waals surface area contributed by atoms with Gasteiger partial charge in [-0.2, -0.15) is 5.26 Å². The van der Waals surface area contributed by atoms with E-state index in [2.05, 4.69) is 0 Å². The number of rotatable bonds is 4. The number of nitrogens with two attached hydrogens (primary N) is 1. The first-order chi connectivity index (χ1) is 12.4. The molecule has 1 unspecified atom stereocenters. The Morgan fingerprint density at radius 3 is 2.35 bits per heavy atom. The summed E-state index contributed by atoms with van der Waals surface area (Å²) in [5.74, 6) is -1.51. The fourth-order valence-electron chi connectivity index (χ4n) is 2.78. The van der Waals surface area contributed by atoms with E-state index in [9.17, 15) is 18.5 Å². The van der Waals surface area contributed by atoms with Crippen LogP contribution in [0.5, 0.6) is 0 Å². The van der Waals surface area contributed by atoms with Crippen molar-refractivity contribution in [3.05, 3.63) is 76.6 Å². The van der Waals surface area contributed by atoms with E-state index in [0.717, 1.165) is 4.31 Å². The average Bonchev–Trinajstić information content (AvgIpc) is 2.99. The maximum atomic E-state index is 12.9. The monoisotopic (exact) mass is 387 g/mol. The van der Waals surface area contributed by atoms with E-state index in [1.165, 1.54) is 24.3 Å². The molecule has 0 saturated heterocycles. The van der Waals surface area contributed by atoms with Gasteiger partial charge < -0.3 is 5.73 Å². The van der Waals surface area contributed by atoms with Gasteiger partial charge in [-0.05, 0) is 24.3 Å². The number of carbonyl (C=O) groups excluding carboxylic acids is 1. The summed E-state index contributed by atoms with van der Waals surface area (Å²) in [6, 6.07) is 15.9. The Hall–Kier alpha value is -2.82. The molecular weight excluding hydrogens is 374 g/mol. The van der Waals surface area contributed by atoms with Crippen LogP contribution in [0.15, 0.2) is 70.9 Å². The number of hydrogen-bond donors (Lipinski definition) is 1. The molecular formula is C18H14ClN3O3S. The highest BCUT2D eigenvalue weighted by Gasteiger charge is 2.41. The van der Waals surface area contributed by atoms with Gasteiger partial charge in [-0.3, -0.25) is 4.79 Å². The molecule has 2 aromatic carbocycles. The second kappa shape index (κ2) is 6.83. The largest absolute Gasteiger partial charge is 0.384 e. The van der Waals surface area contributed by atoms with Crippen molar-refractivity contribution in [2.45, 2.75) is 4.90 Å². The molecule has 0 aromatic heterocycles. The van der Waals surface area contributed by atoms with Gasteiger partial charge in [0.25, 0.3) is 10.0 Å². The SMILES string of the molecule is N#CC1=C(N)N(S(=O)(=O)c2ccc(Cl)cc2)CC1C(=O)c1ccccc1. The fraction of sp³-hybridized carbons (Fsp3) is 0.111. The van der Waals surface area contributed by atoms with Crippen molar-refractivity contribution in [1.82, 2.24) is 4.31 Å². The molecule has 0 aliphatic carbocycles. The van der Waals surface area contributed by atoms with Crippen LogP contribution < -0.4 is 5.73 Å². The van der Waals surface area contributed by atoms with Gasteiger partial charge in [0, 0.05) is 10.6 Å². The number of hydrogen-bond acceptors (Lipinski definition) is 5. The molecule has 132 valence electrons. The van der Waals surface area contributed by atoms with Gasteiger partial charge in [0.2, 0.25) is 0 Å². The smallest absolute Gasteiger partial charge is 0.265 e. The first-order valence-electron chi connectivity index (χ1n) is 7.63. The first kappa shape index (κ1) is 18.0. The Kier molecular flexibility index (Phi) is 4.72.